The number of benzene rings is 1. The minimum Gasteiger partial charge on any atom is -0.354 e. The third-order valence-corrected chi connectivity index (χ3v) is 5.17. The van der Waals surface area contributed by atoms with Gasteiger partial charge in [-0.1, -0.05) is 30.3 Å². The molecule has 0 bridgehead atoms. The lowest BCUT2D eigenvalue weighted by molar-refractivity contribution is 0.145. The first-order valence-electron chi connectivity index (χ1n) is 9.37. The number of hydrogen-bond acceptors (Lipinski definition) is 4. The molecule has 6 heteroatoms. The molecule has 0 N–H and O–H groups in total. The van der Waals surface area contributed by atoms with Crippen molar-refractivity contribution in [3.05, 3.63) is 53.5 Å². The average molecular weight is 358 g/mol. The summed E-state index contributed by atoms with van der Waals surface area (Å²) in [5.41, 5.74) is 1.21. The Balaban J connectivity index is 1.37. The lowest BCUT2D eigenvalue weighted by atomic mass is 10.1. The SMILES string of the molecule is FC(F)c1cc(N2CCN(CCc3ccccc3)CC2)nc(C2CC2)n1. The molecular weight excluding hydrogens is 334 g/mol. The van der Waals surface area contributed by atoms with Crippen molar-refractivity contribution in [2.75, 3.05) is 37.6 Å². The maximum atomic E-state index is 13.2. The molecule has 2 aromatic rings. The number of hydrogen-bond donors (Lipinski definition) is 0. The minimum absolute atomic E-state index is 0.136. The molecule has 1 saturated heterocycles. The van der Waals surface area contributed by atoms with Crippen molar-refractivity contribution in [3.8, 4) is 0 Å². The Labute approximate surface area is 152 Å². The fourth-order valence-corrected chi connectivity index (χ4v) is 3.40. The molecule has 0 radical (unpaired) electrons. The first-order valence-corrected chi connectivity index (χ1v) is 9.37. The maximum absolute atomic E-state index is 13.2. The summed E-state index contributed by atoms with van der Waals surface area (Å²) in [6.45, 7) is 4.52. The zero-order chi connectivity index (χ0) is 17.9. The topological polar surface area (TPSA) is 32.3 Å². The molecule has 4 nitrogen and oxygen atoms in total. The highest BCUT2D eigenvalue weighted by Gasteiger charge is 2.29. The number of alkyl halides is 2. The number of piperazine rings is 1. The van der Waals surface area contributed by atoms with E-state index in [2.05, 4.69) is 44.0 Å². The molecule has 4 rings (SSSR count). The van der Waals surface area contributed by atoms with Gasteiger partial charge < -0.3 is 4.90 Å². The molecular formula is C20H24F2N4. The molecule has 1 saturated carbocycles. The van der Waals surface area contributed by atoms with Gasteiger partial charge in [0.25, 0.3) is 6.43 Å². The lowest BCUT2D eigenvalue weighted by Crippen LogP contribution is -2.47. The van der Waals surface area contributed by atoms with Gasteiger partial charge in [0.05, 0.1) is 0 Å². The largest absolute Gasteiger partial charge is 0.354 e. The van der Waals surface area contributed by atoms with Crippen LogP contribution in [-0.4, -0.2) is 47.6 Å². The quantitative estimate of drug-likeness (QED) is 0.789. The van der Waals surface area contributed by atoms with E-state index in [1.165, 1.54) is 11.6 Å². The van der Waals surface area contributed by atoms with Crippen LogP contribution < -0.4 is 4.90 Å². The number of anilines is 1. The van der Waals surface area contributed by atoms with Gasteiger partial charge in [-0.3, -0.25) is 4.90 Å². The van der Waals surface area contributed by atoms with Crippen molar-refractivity contribution in [1.29, 1.82) is 0 Å². The van der Waals surface area contributed by atoms with Crippen LogP contribution in [0.2, 0.25) is 0 Å². The second-order valence-electron chi connectivity index (χ2n) is 7.15. The van der Waals surface area contributed by atoms with Crippen molar-refractivity contribution in [1.82, 2.24) is 14.9 Å². The van der Waals surface area contributed by atoms with Crippen LogP contribution in [0.5, 0.6) is 0 Å². The molecule has 2 aliphatic rings. The zero-order valence-electron chi connectivity index (χ0n) is 14.8. The van der Waals surface area contributed by atoms with Gasteiger partial charge in [0.15, 0.2) is 0 Å². The van der Waals surface area contributed by atoms with Crippen LogP contribution in [0.3, 0.4) is 0 Å². The van der Waals surface area contributed by atoms with Gasteiger partial charge in [-0.2, -0.15) is 0 Å². The Morgan fingerprint density at radius 1 is 1.00 bits per heavy atom. The molecule has 138 valence electrons. The third kappa shape index (κ3) is 4.18. The monoisotopic (exact) mass is 358 g/mol. The molecule has 26 heavy (non-hydrogen) atoms. The van der Waals surface area contributed by atoms with Gasteiger partial charge in [-0.05, 0) is 24.8 Å². The van der Waals surface area contributed by atoms with E-state index >= 15 is 0 Å². The first kappa shape index (κ1) is 17.3. The van der Waals surface area contributed by atoms with Crippen LogP contribution in [0, 0.1) is 0 Å². The highest BCUT2D eigenvalue weighted by atomic mass is 19.3. The summed E-state index contributed by atoms with van der Waals surface area (Å²) in [5.74, 6) is 1.55. The Morgan fingerprint density at radius 3 is 2.38 bits per heavy atom. The maximum Gasteiger partial charge on any atom is 0.280 e. The second kappa shape index (κ2) is 7.66. The summed E-state index contributed by atoms with van der Waals surface area (Å²) in [6.07, 6.45) is 0.524. The molecule has 2 heterocycles. The van der Waals surface area contributed by atoms with Crippen LogP contribution in [-0.2, 0) is 6.42 Å². The predicted molar refractivity (Wildman–Crippen MR) is 97.8 cm³/mol. The van der Waals surface area contributed by atoms with Crippen molar-refractivity contribution in [2.45, 2.75) is 31.6 Å². The summed E-state index contributed by atoms with van der Waals surface area (Å²) in [4.78, 5) is 13.2. The summed E-state index contributed by atoms with van der Waals surface area (Å²) in [6, 6.07) is 12.0. The van der Waals surface area contributed by atoms with Crippen molar-refractivity contribution >= 4 is 5.82 Å². The Hall–Kier alpha value is -2.08. The molecule has 0 spiro atoms. The number of aromatic nitrogens is 2. The van der Waals surface area contributed by atoms with Gasteiger partial charge >= 0.3 is 0 Å². The Bertz CT molecular complexity index is 706. The third-order valence-electron chi connectivity index (χ3n) is 5.17. The van der Waals surface area contributed by atoms with Gasteiger partial charge in [-0.25, -0.2) is 18.7 Å². The second-order valence-corrected chi connectivity index (χ2v) is 7.15. The van der Waals surface area contributed by atoms with Crippen LogP contribution in [0.1, 0.15) is 42.3 Å². The Morgan fingerprint density at radius 2 is 1.73 bits per heavy atom. The molecule has 1 aliphatic heterocycles. The van der Waals surface area contributed by atoms with Gasteiger partial charge in [0, 0.05) is 44.7 Å². The van der Waals surface area contributed by atoms with Crippen LogP contribution in [0.4, 0.5) is 14.6 Å². The number of nitrogens with zero attached hydrogens (tertiary/aromatic N) is 4. The molecule has 1 aromatic carbocycles. The van der Waals surface area contributed by atoms with Crippen molar-refractivity contribution in [2.24, 2.45) is 0 Å². The first-order chi connectivity index (χ1) is 12.7. The zero-order valence-corrected chi connectivity index (χ0v) is 14.8. The smallest absolute Gasteiger partial charge is 0.280 e. The van der Waals surface area contributed by atoms with Crippen LogP contribution in [0.25, 0.3) is 0 Å². The lowest BCUT2D eigenvalue weighted by Gasteiger charge is -2.35. The van der Waals surface area contributed by atoms with E-state index in [1.54, 1.807) is 0 Å². The highest BCUT2D eigenvalue weighted by molar-refractivity contribution is 5.41. The van der Waals surface area contributed by atoms with E-state index < -0.39 is 6.43 Å². The van der Waals surface area contributed by atoms with Crippen LogP contribution >= 0.6 is 0 Å². The van der Waals surface area contributed by atoms with E-state index in [-0.39, 0.29) is 11.6 Å². The fraction of sp³-hybridized carbons (Fsp3) is 0.500. The van der Waals surface area contributed by atoms with Gasteiger partial charge in [0.1, 0.15) is 17.3 Å². The van der Waals surface area contributed by atoms with E-state index in [4.69, 9.17) is 0 Å². The number of halogens is 2. The average Bonchev–Trinajstić information content (AvgIpc) is 3.52. The highest BCUT2D eigenvalue weighted by Crippen LogP contribution is 2.39. The molecule has 0 atom stereocenters. The van der Waals surface area contributed by atoms with E-state index in [1.807, 2.05) is 6.07 Å². The molecule has 0 amide bonds. The molecule has 1 aliphatic carbocycles. The predicted octanol–water partition coefficient (Wildman–Crippen LogP) is 3.66. The summed E-state index contributed by atoms with van der Waals surface area (Å²) >= 11 is 0. The van der Waals surface area contributed by atoms with Crippen LogP contribution in [0.15, 0.2) is 36.4 Å². The molecule has 1 aromatic heterocycles. The summed E-state index contributed by atoms with van der Waals surface area (Å²) < 4.78 is 26.4. The van der Waals surface area contributed by atoms with Gasteiger partial charge in [0.2, 0.25) is 0 Å². The van der Waals surface area contributed by atoms with E-state index in [0.717, 1.165) is 52.0 Å². The summed E-state index contributed by atoms with van der Waals surface area (Å²) in [7, 11) is 0. The molecule has 0 unspecified atom stereocenters. The normalized spacial score (nSPS) is 18.5. The van der Waals surface area contributed by atoms with Gasteiger partial charge in [-0.15, -0.1) is 0 Å². The Kier molecular flexibility index (Phi) is 5.11. The van der Waals surface area contributed by atoms with E-state index in [0.29, 0.717) is 11.6 Å². The summed E-state index contributed by atoms with van der Waals surface area (Å²) in [5, 5.41) is 0. The minimum atomic E-state index is -2.54. The van der Waals surface area contributed by atoms with Crippen molar-refractivity contribution in [3.63, 3.8) is 0 Å². The fourth-order valence-electron chi connectivity index (χ4n) is 3.40. The van der Waals surface area contributed by atoms with Crippen molar-refractivity contribution < 1.29 is 8.78 Å². The standard InChI is InChI=1S/C20H24F2N4/c21-19(22)17-14-18(24-20(23-17)16-6-7-16)26-12-10-25(11-13-26)9-8-15-4-2-1-3-5-15/h1-5,14,16,19H,6-13H2. The number of rotatable bonds is 6. The van der Waals surface area contributed by atoms with E-state index in [9.17, 15) is 8.78 Å². The molecule has 2 fully saturated rings.